The van der Waals surface area contributed by atoms with Crippen LogP contribution in [0.4, 0.5) is 0 Å². The molecular weight excluding hydrogens is 1000 g/mol. The monoisotopic (exact) mass is 1040 g/mol. The van der Waals surface area contributed by atoms with Gasteiger partial charge in [-0.15, -0.1) is 0 Å². The van der Waals surface area contributed by atoms with Crippen molar-refractivity contribution in [1.29, 1.82) is 0 Å². The second-order valence-corrected chi connectivity index (χ2v) is 21.7. The number of hydrogen-bond acceptors (Lipinski definition) is 2. The Morgan fingerprint density at radius 3 is 1.09 bits per heavy atom. The van der Waals surface area contributed by atoms with Crippen molar-refractivity contribution in [2.24, 2.45) is 0 Å². The molecule has 0 radical (unpaired) electrons. The fourth-order valence-corrected chi connectivity index (χ4v) is 14.2. The molecule has 19 rings (SSSR count). The largest absolute Gasteiger partial charge is 0.307 e. The van der Waals surface area contributed by atoms with Gasteiger partial charge >= 0.3 is 0 Å². The highest BCUT2D eigenvalue weighted by Gasteiger charge is 2.28. The van der Waals surface area contributed by atoms with E-state index in [2.05, 4.69) is 294 Å². The number of para-hydroxylation sites is 7. The Morgan fingerprint density at radius 1 is 0.207 bits per heavy atom. The molecule has 0 spiro atoms. The van der Waals surface area contributed by atoms with Gasteiger partial charge in [-0.1, -0.05) is 158 Å². The summed E-state index contributed by atoms with van der Waals surface area (Å²) in [6.07, 6.45) is 0. The van der Waals surface area contributed by atoms with Crippen LogP contribution >= 0.6 is 0 Å². The molecule has 12 aromatic carbocycles. The first-order valence-corrected chi connectivity index (χ1v) is 28.0. The Balaban J connectivity index is 0.923. The van der Waals surface area contributed by atoms with Crippen molar-refractivity contribution in [1.82, 2.24) is 37.0 Å². The first kappa shape index (κ1) is 43.7. The zero-order chi connectivity index (χ0) is 53.3. The van der Waals surface area contributed by atoms with Crippen molar-refractivity contribution in [3.05, 3.63) is 267 Å². The summed E-state index contributed by atoms with van der Waals surface area (Å²) in [5.74, 6) is 1.74. The summed E-state index contributed by atoms with van der Waals surface area (Å²) in [5, 5.41) is 4.58. The molecule has 0 N–H and O–H groups in total. The highest BCUT2D eigenvalue weighted by atomic mass is 15.2. The van der Waals surface area contributed by atoms with E-state index in [-0.39, 0.29) is 0 Å². The third-order valence-corrected chi connectivity index (χ3v) is 17.6. The van der Waals surface area contributed by atoms with E-state index in [9.17, 15) is 0 Å². The highest BCUT2D eigenvalue weighted by Crippen LogP contribution is 2.50. The molecule has 0 saturated carbocycles. The van der Waals surface area contributed by atoms with E-state index in [0.717, 1.165) is 117 Å². The molecule has 6 heterocycles. The third-order valence-electron chi connectivity index (χ3n) is 17.6. The van der Waals surface area contributed by atoms with Crippen molar-refractivity contribution in [3.8, 4) is 67.3 Å². The lowest BCUT2D eigenvalue weighted by Crippen LogP contribution is -2.00. The molecule has 8 nitrogen and oxygen atoms in total. The smallest absolute Gasteiger partial charge is 0.220 e. The van der Waals surface area contributed by atoms with E-state index in [0.29, 0.717) is 0 Å². The number of hydrogen-bond donors (Lipinski definition) is 0. The van der Waals surface area contributed by atoms with E-state index < -0.39 is 0 Å². The van der Waals surface area contributed by atoms with E-state index >= 15 is 0 Å². The molecule has 0 bridgehead atoms. The molecule has 0 saturated heterocycles. The number of aromatic nitrogens is 8. The molecule has 0 unspecified atom stereocenters. The summed E-state index contributed by atoms with van der Waals surface area (Å²) in [6.45, 7) is 0. The Hall–Kier alpha value is -11.2. The Labute approximate surface area is 468 Å². The van der Waals surface area contributed by atoms with Crippen molar-refractivity contribution in [3.63, 3.8) is 0 Å². The van der Waals surface area contributed by atoms with Crippen molar-refractivity contribution in [2.45, 2.75) is 0 Å². The average Bonchev–Trinajstić information content (AvgIpc) is 1.89. The van der Waals surface area contributed by atoms with Gasteiger partial charge in [-0.25, -0.2) is 9.97 Å². The zero-order valence-electron chi connectivity index (χ0n) is 44.0. The van der Waals surface area contributed by atoms with Crippen LogP contribution in [-0.4, -0.2) is 37.0 Å². The molecule has 0 atom stereocenters. The normalized spacial score (nSPS) is 12.4. The van der Waals surface area contributed by atoms with E-state index in [4.69, 9.17) is 9.97 Å². The lowest BCUT2D eigenvalue weighted by Gasteiger charge is -2.24. The maximum Gasteiger partial charge on any atom is 0.220 e. The second kappa shape index (κ2) is 16.2. The number of imidazole rings is 4. The van der Waals surface area contributed by atoms with Gasteiger partial charge in [-0.2, -0.15) is 0 Å². The molecule has 18 aromatic rings. The van der Waals surface area contributed by atoms with Crippen LogP contribution in [0.25, 0.3) is 167 Å². The minimum absolute atomic E-state index is 0.865. The molecule has 1 aliphatic carbocycles. The lowest BCUT2D eigenvalue weighted by atomic mass is 9.81. The number of rotatable bonds is 4. The molecule has 0 fully saturated rings. The van der Waals surface area contributed by atoms with Gasteiger partial charge in [0.1, 0.15) is 11.0 Å². The minimum Gasteiger partial charge on any atom is -0.307 e. The molecular formula is C74H44N8. The molecule has 82 heavy (non-hydrogen) atoms. The van der Waals surface area contributed by atoms with E-state index in [1.807, 2.05) is 0 Å². The van der Waals surface area contributed by atoms with Crippen molar-refractivity contribution in [2.75, 3.05) is 0 Å². The van der Waals surface area contributed by atoms with Crippen molar-refractivity contribution < 1.29 is 0 Å². The van der Waals surface area contributed by atoms with Gasteiger partial charge in [0.25, 0.3) is 0 Å². The van der Waals surface area contributed by atoms with Crippen LogP contribution in [0.5, 0.6) is 0 Å². The van der Waals surface area contributed by atoms with E-state index in [1.54, 1.807) is 0 Å². The fraction of sp³-hybridized carbons (Fsp3) is 0. The Kier molecular flexibility index (Phi) is 8.63. The topological polar surface area (TPSA) is 54.3 Å². The molecule has 0 amide bonds. The summed E-state index contributed by atoms with van der Waals surface area (Å²) in [4.78, 5) is 11.5. The Bertz CT molecular complexity index is 5760. The summed E-state index contributed by atoms with van der Waals surface area (Å²) >= 11 is 0. The maximum atomic E-state index is 5.79. The van der Waals surface area contributed by atoms with Gasteiger partial charge < -0.3 is 9.13 Å². The number of nitrogens with zero attached hydrogens (tertiary/aromatic N) is 8. The standard InChI is InChI=1S/C74H44N8/c1-3-19-45(20-4-1)79-63-31-15-17-33-65(63)81-67-41-38-57-56-29-13-14-30-61(56)77(71(57)69(67)75-73(79)81)48-36-40-62-60(44-48)58-39-42-68-70(76-74-80(46-21-5-2-6-22-46)64-32-16-18-34-66(64)82(68)74)72(58)78(62)47-35-37-55-53-27-10-9-25-51(53)49-23-7-8-24-50(49)52-26-11-12-28-54(52)59(55)43-47/h1-44H. The van der Waals surface area contributed by atoms with Crippen LogP contribution in [0.3, 0.4) is 0 Å². The Morgan fingerprint density at radius 2 is 0.573 bits per heavy atom. The van der Waals surface area contributed by atoms with Crippen LogP contribution in [-0.2, 0) is 0 Å². The van der Waals surface area contributed by atoms with Gasteiger partial charge in [0.05, 0.1) is 55.2 Å². The molecule has 6 aromatic heterocycles. The summed E-state index contributed by atoms with van der Waals surface area (Å²) < 4.78 is 14.2. The maximum absolute atomic E-state index is 5.79. The summed E-state index contributed by atoms with van der Waals surface area (Å²) in [5.41, 5.74) is 26.7. The summed E-state index contributed by atoms with van der Waals surface area (Å²) in [7, 11) is 0. The average molecular weight is 1050 g/mol. The van der Waals surface area contributed by atoms with Gasteiger partial charge in [-0.3, -0.25) is 17.9 Å². The van der Waals surface area contributed by atoms with Crippen LogP contribution in [0.2, 0.25) is 0 Å². The molecule has 8 heteroatoms. The number of benzene rings is 12. The first-order valence-electron chi connectivity index (χ1n) is 28.0. The third kappa shape index (κ3) is 5.73. The van der Waals surface area contributed by atoms with Crippen LogP contribution in [0.1, 0.15) is 0 Å². The van der Waals surface area contributed by atoms with Crippen molar-refractivity contribution >= 4 is 99.3 Å². The summed E-state index contributed by atoms with van der Waals surface area (Å²) in [6, 6.07) is 97.3. The van der Waals surface area contributed by atoms with Crippen LogP contribution in [0.15, 0.2) is 267 Å². The zero-order valence-corrected chi connectivity index (χ0v) is 44.0. The minimum atomic E-state index is 0.865. The molecule has 380 valence electrons. The first-order chi connectivity index (χ1) is 40.7. The predicted molar refractivity (Wildman–Crippen MR) is 337 cm³/mol. The second-order valence-electron chi connectivity index (χ2n) is 21.7. The van der Waals surface area contributed by atoms with Crippen LogP contribution < -0.4 is 0 Å². The number of fused-ring (bicyclic) bond motifs is 26. The molecule has 0 aliphatic heterocycles. The lowest BCUT2D eigenvalue weighted by molar-refractivity contribution is 1.11. The van der Waals surface area contributed by atoms with Gasteiger partial charge in [0.15, 0.2) is 0 Å². The highest BCUT2D eigenvalue weighted by molar-refractivity contribution is 6.21. The predicted octanol–water partition coefficient (Wildman–Crippen LogP) is 18.4. The van der Waals surface area contributed by atoms with Gasteiger partial charge in [-0.05, 0) is 154 Å². The quantitative estimate of drug-likeness (QED) is 0.176. The SMILES string of the molecule is c1ccc(-n2c3ccccc3n3c4ccc5c6ccccc6n(-c6ccc7c(c6)c6ccc8c(nc9n(-c%10ccccc%10)c%10ccccc%10n89)c6n7-c6ccc7c(c6)-c6ccccc6-c6ccccc6-c6ccccc6-7)c5c4nc23)cc1. The van der Waals surface area contributed by atoms with Gasteiger partial charge in [0.2, 0.25) is 11.6 Å². The molecule has 1 aliphatic rings. The van der Waals surface area contributed by atoms with Crippen LogP contribution in [0, 0.1) is 0 Å². The van der Waals surface area contributed by atoms with Gasteiger partial charge in [0, 0.05) is 44.3 Å². The fourth-order valence-electron chi connectivity index (χ4n) is 14.2. The van der Waals surface area contributed by atoms with E-state index in [1.165, 1.54) is 49.9 Å².